The van der Waals surface area contributed by atoms with Crippen LogP contribution >= 0.6 is 15.9 Å². The predicted molar refractivity (Wildman–Crippen MR) is 91.8 cm³/mol. The number of nitrogens with zero attached hydrogens (tertiary/aromatic N) is 4. The molecule has 3 rings (SSSR count). The van der Waals surface area contributed by atoms with Crippen molar-refractivity contribution in [1.82, 2.24) is 14.5 Å². The van der Waals surface area contributed by atoms with Gasteiger partial charge in [0, 0.05) is 23.0 Å². The minimum absolute atomic E-state index is 0.0515. The summed E-state index contributed by atoms with van der Waals surface area (Å²) in [5.74, 6) is -3.51. The van der Waals surface area contributed by atoms with E-state index in [1.165, 1.54) is 18.3 Å². The number of benzene rings is 1. The van der Waals surface area contributed by atoms with Crippen LogP contribution in [0.5, 0.6) is 0 Å². The van der Waals surface area contributed by atoms with E-state index < -0.39 is 54.0 Å². The molecule has 0 aliphatic rings. The lowest BCUT2D eigenvalue weighted by atomic mass is 10.2. The minimum Gasteiger partial charge on any atom is -0.320 e. The van der Waals surface area contributed by atoms with Crippen molar-refractivity contribution in [1.29, 1.82) is 0 Å². The average Bonchev–Trinajstić information content (AvgIpc) is 2.60. The van der Waals surface area contributed by atoms with Gasteiger partial charge in [-0.2, -0.15) is 4.98 Å². The molecule has 0 fully saturated rings. The van der Waals surface area contributed by atoms with Crippen LogP contribution in [0.1, 0.15) is 4.11 Å². The number of pyridine rings is 1. The van der Waals surface area contributed by atoms with E-state index in [0.717, 1.165) is 11.0 Å². The van der Waals surface area contributed by atoms with Crippen molar-refractivity contribution in [3.63, 3.8) is 0 Å². The lowest BCUT2D eigenvalue weighted by Crippen LogP contribution is -2.30. The molecule has 26 heavy (non-hydrogen) atoms. The first kappa shape index (κ1) is 14.7. The maximum Gasteiger partial charge on any atom is 0.349 e. The van der Waals surface area contributed by atoms with Crippen molar-refractivity contribution in [2.24, 2.45) is 6.98 Å². The highest BCUT2D eigenvalue weighted by Gasteiger charge is 2.24. The average molecular weight is 434 g/mol. The number of hydrogen-bond acceptors (Lipinski definition) is 4. The molecule has 0 aliphatic carbocycles. The highest BCUT2D eigenvalue weighted by Crippen LogP contribution is 2.33. The first-order chi connectivity index (χ1) is 13.5. The zero-order chi connectivity index (χ0) is 21.5. The molecular formula is C16H11BrF4N4O. The van der Waals surface area contributed by atoms with Gasteiger partial charge in [-0.15, -0.1) is 0 Å². The zero-order valence-corrected chi connectivity index (χ0v) is 14.3. The molecule has 3 aromatic rings. The fraction of sp³-hybridized carbons (Fsp3) is 0.188. The summed E-state index contributed by atoms with van der Waals surface area (Å²) in [4.78, 5) is 20.6. The second-order valence-electron chi connectivity index (χ2n) is 5.15. The van der Waals surface area contributed by atoms with Crippen LogP contribution in [-0.4, -0.2) is 27.5 Å². The van der Waals surface area contributed by atoms with Crippen LogP contribution in [0, 0.1) is 11.6 Å². The van der Waals surface area contributed by atoms with Gasteiger partial charge < -0.3 is 4.90 Å². The summed E-state index contributed by atoms with van der Waals surface area (Å²) < 4.78 is 78.1. The predicted octanol–water partition coefficient (Wildman–Crippen LogP) is 3.77. The summed E-state index contributed by atoms with van der Waals surface area (Å²) in [5, 5.41) is -0.714. The molecule has 0 unspecified atom stereocenters. The molecule has 0 saturated heterocycles. The molecule has 10 heteroatoms. The maximum atomic E-state index is 14.7. The Kier molecular flexibility index (Phi) is 3.96. The SMILES string of the molecule is [2H]C([2H])([2H])n1c(=O)nc(N(CC(F)F)c2ccnc(Br)c2)c2c(F)c(F)ccc21. The number of halogens is 5. The fourth-order valence-electron chi connectivity index (χ4n) is 2.45. The van der Waals surface area contributed by atoms with Gasteiger partial charge in [0.1, 0.15) is 4.60 Å². The van der Waals surface area contributed by atoms with Crippen molar-refractivity contribution < 1.29 is 21.7 Å². The van der Waals surface area contributed by atoms with Crippen LogP contribution in [0.15, 0.2) is 39.9 Å². The molecule has 0 spiro atoms. The Balaban J connectivity index is 2.43. The molecule has 0 bridgehead atoms. The van der Waals surface area contributed by atoms with Gasteiger partial charge in [-0.05, 0) is 40.2 Å². The number of rotatable bonds is 4. The number of alkyl halides is 2. The fourth-order valence-corrected chi connectivity index (χ4v) is 2.80. The topological polar surface area (TPSA) is 51.0 Å². The Bertz CT molecular complexity index is 1140. The standard InChI is InChI=1S/C16H11BrF4N4O/c1-24-10-3-2-9(18)14(21)13(10)15(23-16(24)26)25(7-12(19)20)8-4-5-22-11(17)6-8/h2-6,12H,7H2,1H3/i1D3. The highest BCUT2D eigenvalue weighted by molar-refractivity contribution is 9.10. The molecule has 0 aliphatic heterocycles. The van der Waals surface area contributed by atoms with Crippen molar-refractivity contribution in [2.75, 3.05) is 11.4 Å². The summed E-state index contributed by atoms with van der Waals surface area (Å²) in [6.07, 6.45) is -1.68. The number of fused-ring (bicyclic) bond motifs is 1. The van der Waals surface area contributed by atoms with Crippen LogP contribution in [0.25, 0.3) is 10.9 Å². The second-order valence-corrected chi connectivity index (χ2v) is 5.96. The van der Waals surface area contributed by atoms with Crippen LogP contribution in [0.3, 0.4) is 0 Å². The minimum atomic E-state index is -3.06. The van der Waals surface area contributed by atoms with Gasteiger partial charge in [0.15, 0.2) is 17.5 Å². The quantitative estimate of drug-likeness (QED) is 0.464. The Hall–Kier alpha value is -2.49. The third kappa shape index (κ3) is 3.28. The number of aromatic nitrogens is 3. The maximum absolute atomic E-state index is 14.7. The normalized spacial score (nSPS) is 13.5. The van der Waals surface area contributed by atoms with Gasteiger partial charge in [0.25, 0.3) is 6.43 Å². The lowest BCUT2D eigenvalue weighted by Gasteiger charge is -2.25. The van der Waals surface area contributed by atoms with E-state index in [-0.39, 0.29) is 14.9 Å². The van der Waals surface area contributed by atoms with Crippen LogP contribution in [0.4, 0.5) is 29.1 Å². The smallest absolute Gasteiger partial charge is 0.320 e. The highest BCUT2D eigenvalue weighted by atomic mass is 79.9. The van der Waals surface area contributed by atoms with Gasteiger partial charge in [0.2, 0.25) is 0 Å². The Morgan fingerprint density at radius 2 is 2.12 bits per heavy atom. The summed E-state index contributed by atoms with van der Waals surface area (Å²) in [6.45, 7) is -4.08. The van der Waals surface area contributed by atoms with Gasteiger partial charge in [0.05, 0.1) is 17.4 Å². The van der Waals surface area contributed by atoms with Crippen molar-refractivity contribution >= 4 is 38.3 Å². The van der Waals surface area contributed by atoms with E-state index in [1.54, 1.807) is 0 Å². The van der Waals surface area contributed by atoms with Gasteiger partial charge in [-0.1, -0.05) is 0 Å². The van der Waals surface area contributed by atoms with Crippen molar-refractivity contribution in [3.05, 3.63) is 57.2 Å². The number of aryl methyl sites for hydroxylation is 1. The lowest BCUT2D eigenvalue weighted by molar-refractivity contribution is 0.157. The summed E-state index contributed by atoms with van der Waals surface area (Å²) >= 11 is 3.08. The Morgan fingerprint density at radius 1 is 1.35 bits per heavy atom. The largest absolute Gasteiger partial charge is 0.349 e. The van der Waals surface area contributed by atoms with Crippen LogP contribution < -0.4 is 10.6 Å². The number of anilines is 2. The molecule has 0 radical (unpaired) electrons. The van der Waals surface area contributed by atoms with Crippen molar-refractivity contribution in [3.8, 4) is 0 Å². The third-order valence-electron chi connectivity index (χ3n) is 3.53. The van der Waals surface area contributed by atoms with Gasteiger partial charge in [-0.3, -0.25) is 4.57 Å². The van der Waals surface area contributed by atoms with Gasteiger partial charge >= 0.3 is 5.69 Å². The molecule has 136 valence electrons. The van der Waals surface area contributed by atoms with Crippen molar-refractivity contribution in [2.45, 2.75) is 6.43 Å². The first-order valence-corrected chi connectivity index (χ1v) is 7.88. The van der Waals surface area contributed by atoms with Crippen LogP contribution in [-0.2, 0) is 6.98 Å². The zero-order valence-electron chi connectivity index (χ0n) is 15.8. The van der Waals surface area contributed by atoms with Crippen LogP contribution in [0.2, 0.25) is 0 Å². The molecule has 0 amide bonds. The molecule has 0 saturated carbocycles. The Labute approximate surface area is 157 Å². The van der Waals surface area contributed by atoms with E-state index >= 15 is 0 Å². The molecule has 5 nitrogen and oxygen atoms in total. The summed E-state index contributed by atoms with van der Waals surface area (Å²) in [5.41, 5.74) is -1.78. The van der Waals surface area contributed by atoms with E-state index in [1.807, 2.05) is 0 Å². The molecule has 0 atom stereocenters. The van der Waals surface area contributed by atoms with E-state index in [4.69, 9.17) is 4.11 Å². The van der Waals surface area contributed by atoms with E-state index in [2.05, 4.69) is 25.9 Å². The molecule has 2 aromatic heterocycles. The molecule has 1 aromatic carbocycles. The number of hydrogen-bond donors (Lipinski definition) is 0. The summed E-state index contributed by atoms with van der Waals surface area (Å²) in [7, 11) is 0. The molecule has 2 heterocycles. The Morgan fingerprint density at radius 3 is 2.77 bits per heavy atom. The third-order valence-corrected chi connectivity index (χ3v) is 3.96. The molecular weight excluding hydrogens is 420 g/mol. The summed E-state index contributed by atoms with van der Waals surface area (Å²) in [6, 6.07) is 4.13. The second kappa shape index (κ2) is 7.02. The van der Waals surface area contributed by atoms with E-state index in [9.17, 15) is 22.4 Å². The first-order valence-electron chi connectivity index (χ1n) is 8.59. The van der Waals surface area contributed by atoms with E-state index in [0.29, 0.717) is 6.07 Å². The molecule has 0 N–H and O–H groups in total. The van der Waals surface area contributed by atoms with Gasteiger partial charge in [-0.25, -0.2) is 27.3 Å². The monoisotopic (exact) mass is 433 g/mol.